The van der Waals surface area contributed by atoms with E-state index in [1.54, 1.807) is 10.7 Å². The van der Waals surface area contributed by atoms with E-state index in [1.165, 1.54) is 0 Å². The third kappa shape index (κ3) is 5.03. The summed E-state index contributed by atoms with van der Waals surface area (Å²) in [6.45, 7) is 3.57. The molecule has 0 saturated heterocycles. The number of nitrogens with zero attached hydrogens (tertiary/aromatic N) is 3. The first kappa shape index (κ1) is 20.9. The first-order valence-electron chi connectivity index (χ1n) is 10.0. The van der Waals surface area contributed by atoms with Crippen LogP contribution in [0.3, 0.4) is 0 Å². The first-order valence-corrected chi connectivity index (χ1v) is 10.8. The molecule has 158 valence electrons. The highest BCUT2D eigenvalue weighted by Crippen LogP contribution is 2.27. The van der Waals surface area contributed by atoms with Crippen molar-refractivity contribution in [3.05, 3.63) is 82.5 Å². The summed E-state index contributed by atoms with van der Waals surface area (Å²) in [4.78, 5) is 16.8. The Morgan fingerprint density at radius 2 is 1.81 bits per heavy atom. The number of aromatic nitrogens is 3. The van der Waals surface area contributed by atoms with E-state index in [0.29, 0.717) is 19.6 Å². The lowest BCUT2D eigenvalue weighted by Gasteiger charge is -2.13. The molecule has 0 fully saturated rings. The number of fused-ring (bicyclic) bond motifs is 1. The molecule has 0 atom stereocenters. The van der Waals surface area contributed by atoms with Gasteiger partial charge in [-0.3, -0.25) is 0 Å². The van der Waals surface area contributed by atoms with Crippen LogP contribution in [0.4, 0.5) is 10.6 Å². The molecule has 0 aliphatic carbocycles. The van der Waals surface area contributed by atoms with Crippen LogP contribution in [0.25, 0.3) is 16.9 Å². The lowest BCUT2D eigenvalue weighted by Crippen LogP contribution is -2.37. The summed E-state index contributed by atoms with van der Waals surface area (Å²) in [5.74, 6) is 0.806. The van der Waals surface area contributed by atoms with Gasteiger partial charge >= 0.3 is 6.03 Å². The standard InChI is InChI=1S/C23H23BrN6O/c1-16-7-5-6-10-18(16)20-13-21(30-22(29-20)19(24)15-28-30)25-11-12-26-23(31)27-14-17-8-3-2-4-9-17/h2-10,13,15,25H,11-12,14H2,1H3,(H2,26,27,31). The molecule has 7 nitrogen and oxygen atoms in total. The normalized spacial score (nSPS) is 10.8. The van der Waals surface area contributed by atoms with Crippen LogP contribution in [0.1, 0.15) is 11.1 Å². The van der Waals surface area contributed by atoms with Gasteiger partial charge in [-0.15, -0.1) is 0 Å². The molecule has 2 heterocycles. The maximum Gasteiger partial charge on any atom is 0.315 e. The molecule has 0 unspecified atom stereocenters. The van der Waals surface area contributed by atoms with Gasteiger partial charge in [0.15, 0.2) is 5.65 Å². The molecule has 8 heteroatoms. The number of nitrogens with one attached hydrogen (secondary N) is 3. The molecule has 0 aliphatic rings. The van der Waals surface area contributed by atoms with Crippen molar-refractivity contribution in [3.63, 3.8) is 0 Å². The minimum absolute atomic E-state index is 0.201. The average Bonchev–Trinajstić information content (AvgIpc) is 3.17. The molecule has 2 aromatic heterocycles. The van der Waals surface area contributed by atoms with Gasteiger partial charge in [0, 0.05) is 31.3 Å². The predicted molar refractivity (Wildman–Crippen MR) is 126 cm³/mol. The van der Waals surface area contributed by atoms with Gasteiger partial charge in [-0.1, -0.05) is 54.6 Å². The first-order chi connectivity index (χ1) is 15.1. The SMILES string of the molecule is Cc1ccccc1-c1cc(NCCNC(=O)NCc2ccccc2)n2ncc(Br)c2n1. The number of rotatable bonds is 7. The number of carbonyl (C=O) groups excluding carboxylic acids is 1. The fraction of sp³-hybridized carbons (Fsp3) is 0.174. The van der Waals surface area contributed by atoms with Crippen LogP contribution in [-0.4, -0.2) is 33.7 Å². The van der Waals surface area contributed by atoms with E-state index in [2.05, 4.69) is 56.0 Å². The van der Waals surface area contributed by atoms with Gasteiger partial charge in [0.05, 0.1) is 16.4 Å². The van der Waals surface area contributed by atoms with Crippen LogP contribution < -0.4 is 16.0 Å². The molecule has 2 aromatic carbocycles. The Hall–Kier alpha value is -3.39. The van der Waals surface area contributed by atoms with Crippen molar-refractivity contribution in [3.8, 4) is 11.3 Å². The van der Waals surface area contributed by atoms with E-state index >= 15 is 0 Å². The van der Waals surface area contributed by atoms with Gasteiger partial charge in [-0.2, -0.15) is 9.61 Å². The second kappa shape index (κ2) is 9.61. The van der Waals surface area contributed by atoms with Gasteiger partial charge in [0.25, 0.3) is 0 Å². The van der Waals surface area contributed by atoms with E-state index in [-0.39, 0.29) is 6.03 Å². The predicted octanol–water partition coefficient (Wildman–Crippen LogP) is 4.38. The van der Waals surface area contributed by atoms with Crippen molar-refractivity contribution in [2.45, 2.75) is 13.5 Å². The topological polar surface area (TPSA) is 83.3 Å². The van der Waals surface area contributed by atoms with E-state index < -0.39 is 0 Å². The van der Waals surface area contributed by atoms with Crippen LogP contribution in [0.2, 0.25) is 0 Å². The lowest BCUT2D eigenvalue weighted by atomic mass is 10.1. The molecule has 0 radical (unpaired) electrons. The largest absolute Gasteiger partial charge is 0.368 e. The molecule has 31 heavy (non-hydrogen) atoms. The monoisotopic (exact) mass is 478 g/mol. The molecule has 4 aromatic rings. The van der Waals surface area contributed by atoms with Crippen LogP contribution in [0.5, 0.6) is 0 Å². The Morgan fingerprint density at radius 3 is 2.61 bits per heavy atom. The molecule has 3 N–H and O–H groups in total. The van der Waals surface area contributed by atoms with Crippen molar-refractivity contribution >= 4 is 33.4 Å². The number of benzene rings is 2. The highest BCUT2D eigenvalue weighted by atomic mass is 79.9. The van der Waals surface area contributed by atoms with Gasteiger partial charge in [0.1, 0.15) is 5.82 Å². The minimum Gasteiger partial charge on any atom is -0.368 e. The zero-order chi connectivity index (χ0) is 21.6. The Balaban J connectivity index is 1.40. The molecule has 0 aliphatic heterocycles. The van der Waals surface area contributed by atoms with E-state index in [9.17, 15) is 4.79 Å². The highest BCUT2D eigenvalue weighted by molar-refractivity contribution is 9.10. The number of hydrogen-bond acceptors (Lipinski definition) is 4. The second-order valence-corrected chi connectivity index (χ2v) is 7.95. The molecular formula is C23H23BrN6O. The van der Waals surface area contributed by atoms with Crippen LogP contribution in [0, 0.1) is 6.92 Å². The maximum atomic E-state index is 12.0. The summed E-state index contributed by atoms with van der Waals surface area (Å²) < 4.78 is 2.57. The third-order valence-corrected chi connectivity index (χ3v) is 5.42. The van der Waals surface area contributed by atoms with Gasteiger partial charge in [0.2, 0.25) is 0 Å². The fourth-order valence-corrected chi connectivity index (χ4v) is 3.62. The summed E-state index contributed by atoms with van der Waals surface area (Å²) in [6, 6.07) is 19.7. The van der Waals surface area contributed by atoms with Gasteiger partial charge < -0.3 is 16.0 Å². The molecular weight excluding hydrogens is 456 g/mol. The molecule has 2 amide bonds. The van der Waals surface area contributed by atoms with Crippen molar-refractivity contribution < 1.29 is 4.79 Å². The number of hydrogen-bond donors (Lipinski definition) is 3. The zero-order valence-corrected chi connectivity index (χ0v) is 18.7. The Morgan fingerprint density at radius 1 is 1.03 bits per heavy atom. The quantitative estimate of drug-likeness (QED) is 0.344. The summed E-state index contributed by atoms with van der Waals surface area (Å²) in [7, 11) is 0. The van der Waals surface area contributed by atoms with Crippen LogP contribution in [0.15, 0.2) is 71.3 Å². The molecule has 0 saturated carbocycles. The van der Waals surface area contributed by atoms with Crippen LogP contribution >= 0.6 is 15.9 Å². The number of halogens is 1. The van der Waals surface area contributed by atoms with Crippen molar-refractivity contribution in [1.82, 2.24) is 25.2 Å². The minimum atomic E-state index is -0.201. The highest BCUT2D eigenvalue weighted by Gasteiger charge is 2.12. The fourth-order valence-electron chi connectivity index (χ4n) is 3.27. The smallest absolute Gasteiger partial charge is 0.315 e. The Kier molecular flexibility index (Phi) is 6.47. The summed E-state index contributed by atoms with van der Waals surface area (Å²) in [5.41, 5.74) is 4.87. The Bertz CT molecular complexity index is 1190. The number of aryl methyl sites for hydroxylation is 1. The lowest BCUT2D eigenvalue weighted by molar-refractivity contribution is 0.241. The summed E-state index contributed by atoms with van der Waals surface area (Å²) >= 11 is 3.52. The van der Waals surface area contributed by atoms with Crippen molar-refractivity contribution in [1.29, 1.82) is 0 Å². The second-order valence-electron chi connectivity index (χ2n) is 7.09. The van der Waals surface area contributed by atoms with Crippen molar-refractivity contribution in [2.75, 3.05) is 18.4 Å². The van der Waals surface area contributed by atoms with E-state index in [1.807, 2.05) is 48.5 Å². The number of amides is 2. The Labute approximate surface area is 189 Å². The average molecular weight is 479 g/mol. The molecule has 0 spiro atoms. The third-order valence-electron chi connectivity index (χ3n) is 4.86. The van der Waals surface area contributed by atoms with Crippen LogP contribution in [-0.2, 0) is 6.54 Å². The van der Waals surface area contributed by atoms with Gasteiger partial charge in [-0.25, -0.2) is 9.78 Å². The molecule has 4 rings (SSSR count). The zero-order valence-electron chi connectivity index (χ0n) is 17.1. The number of carbonyl (C=O) groups is 1. The number of anilines is 1. The summed E-state index contributed by atoms with van der Waals surface area (Å²) in [6.07, 6.45) is 1.73. The van der Waals surface area contributed by atoms with E-state index in [0.717, 1.165) is 38.3 Å². The molecule has 0 bridgehead atoms. The van der Waals surface area contributed by atoms with Crippen molar-refractivity contribution in [2.24, 2.45) is 0 Å². The van der Waals surface area contributed by atoms with Gasteiger partial charge in [-0.05, 0) is 34.0 Å². The number of urea groups is 1. The summed E-state index contributed by atoms with van der Waals surface area (Å²) in [5, 5.41) is 13.5. The maximum absolute atomic E-state index is 12.0. The van der Waals surface area contributed by atoms with E-state index in [4.69, 9.17) is 4.98 Å².